The number of rotatable bonds is 8. The van der Waals surface area contributed by atoms with E-state index in [2.05, 4.69) is 11.6 Å². The minimum Gasteiger partial charge on any atom is -0.344 e. The molecule has 130 valence electrons. The normalized spacial score (nSPS) is 10.3. The molecular formula is C18H19ClN4OS. The molecule has 1 amide bonds. The number of amides is 1. The van der Waals surface area contributed by atoms with Crippen LogP contribution in [0, 0.1) is 11.3 Å². The molecule has 0 aliphatic rings. The van der Waals surface area contributed by atoms with Crippen LogP contribution in [0.4, 0.5) is 0 Å². The molecule has 0 saturated heterocycles. The van der Waals surface area contributed by atoms with E-state index in [1.807, 2.05) is 34.9 Å². The second kappa shape index (κ2) is 9.30. The van der Waals surface area contributed by atoms with Crippen LogP contribution in [0.15, 0.2) is 48.3 Å². The zero-order chi connectivity index (χ0) is 18.2. The summed E-state index contributed by atoms with van der Waals surface area (Å²) in [6, 6.07) is 9.59. The number of hydrogen-bond acceptors (Lipinski definition) is 4. The Morgan fingerprint density at radius 1 is 1.48 bits per heavy atom. The van der Waals surface area contributed by atoms with Gasteiger partial charge >= 0.3 is 0 Å². The summed E-state index contributed by atoms with van der Waals surface area (Å²) in [5, 5.41) is 10.0. The summed E-state index contributed by atoms with van der Waals surface area (Å²) in [6.07, 6.45) is 3.92. The monoisotopic (exact) mass is 374 g/mol. The minimum absolute atomic E-state index is 0.0264. The van der Waals surface area contributed by atoms with Crippen molar-refractivity contribution in [2.45, 2.75) is 18.1 Å². The van der Waals surface area contributed by atoms with Crippen LogP contribution in [0.25, 0.3) is 11.3 Å². The Labute approximate surface area is 156 Å². The first-order chi connectivity index (χ1) is 12.1. The SMILES string of the molecule is C=CCn1c(-c2ccc(Cl)cc2)cnc1SCC(=O)N(C)CCC#N. The molecule has 25 heavy (non-hydrogen) atoms. The van der Waals surface area contributed by atoms with Gasteiger partial charge in [0.2, 0.25) is 5.91 Å². The fourth-order valence-corrected chi connectivity index (χ4v) is 3.26. The van der Waals surface area contributed by atoms with Crippen molar-refractivity contribution in [2.24, 2.45) is 0 Å². The highest BCUT2D eigenvalue weighted by Gasteiger charge is 2.15. The lowest BCUT2D eigenvalue weighted by atomic mass is 10.2. The van der Waals surface area contributed by atoms with Crippen molar-refractivity contribution in [3.05, 3.63) is 48.1 Å². The first-order valence-electron chi connectivity index (χ1n) is 7.73. The Hall–Kier alpha value is -2.23. The summed E-state index contributed by atoms with van der Waals surface area (Å²) >= 11 is 7.33. The molecule has 2 rings (SSSR count). The predicted molar refractivity (Wildman–Crippen MR) is 101 cm³/mol. The van der Waals surface area contributed by atoms with Gasteiger partial charge in [-0.15, -0.1) is 6.58 Å². The van der Waals surface area contributed by atoms with Gasteiger partial charge in [-0.25, -0.2) is 4.98 Å². The average Bonchev–Trinajstić information content (AvgIpc) is 3.01. The number of aromatic nitrogens is 2. The molecule has 1 aromatic carbocycles. The van der Waals surface area contributed by atoms with Gasteiger partial charge in [0.05, 0.1) is 30.1 Å². The molecule has 0 saturated carbocycles. The van der Waals surface area contributed by atoms with Crippen LogP contribution in [0.3, 0.4) is 0 Å². The van der Waals surface area contributed by atoms with Crippen LogP contribution < -0.4 is 0 Å². The van der Waals surface area contributed by atoms with Gasteiger partial charge in [-0.1, -0.05) is 41.6 Å². The third-order valence-corrected chi connectivity index (χ3v) is 4.81. The Bertz CT molecular complexity index is 779. The summed E-state index contributed by atoms with van der Waals surface area (Å²) in [5.41, 5.74) is 1.95. The molecule has 2 aromatic rings. The molecule has 7 heteroatoms. The van der Waals surface area contributed by atoms with Crippen molar-refractivity contribution >= 4 is 29.3 Å². The maximum atomic E-state index is 12.1. The van der Waals surface area contributed by atoms with E-state index in [9.17, 15) is 4.79 Å². The number of halogens is 1. The smallest absolute Gasteiger partial charge is 0.232 e. The third kappa shape index (κ3) is 5.12. The Balaban J connectivity index is 2.13. The molecule has 0 aliphatic heterocycles. The van der Waals surface area contributed by atoms with Gasteiger partial charge in [-0.2, -0.15) is 5.26 Å². The molecule has 5 nitrogen and oxygen atoms in total. The molecule has 0 unspecified atom stereocenters. The van der Waals surface area contributed by atoms with Crippen molar-refractivity contribution in [1.82, 2.24) is 14.5 Å². The molecule has 0 fully saturated rings. The number of hydrogen-bond donors (Lipinski definition) is 0. The van der Waals surface area contributed by atoms with Gasteiger partial charge in [0, 0.05) is 25.2 Å². The molecule has 0 bridgehead atoms. The van der Waals surface area contributed by atoms with E-state index < -0.39 is 0 Å². The molecular weight excluding hydrogens is 356 g/mol. The largest absolute Gasteiger partial charge is 0.344 e. The van der Waals surface area contributed by atoms with Gasteiger partial charge in [-0.05, 0) is 17.7 Å². The maximum Gasteiger partial charge on any atom is 0.232 e. The predicted octanol–water partition coefficient (Wildman–Crippen LogP) is 3.85. The first kappa shape index (κ1) is 19.1. The van der Waals surface area contributed by atoms with Crippen LogP contribution in [-0.4, -0.2) is 39.7 Å². The number of benzene rings is 1. The fourth-order valence-electron chi connectivity index (χ4n) is 2.21. The van der Waals surface area contributed by atoms with E-state index in [0.717, 1.165) is 16.4 Å². The molecule has 0 N–H and O–H groups in total. The van der Waals surface area contributed by atoms with Crippen LogP contribution in [0.1, 0.15) is 6.42 Å². The van der Waals surface area contributed by atoms with Crippen molar-refractivity contribution in [3.8, 4) is 17.3 Å². The van der Waals surface area contributed by atoms with E-state index in [-0.39, 0.29) is 11.7 Å². The number of nitriles is 1. The van der Waals surface area contributed by atoms with Crippen molar-refractivity contribution in [1.29, 1.82) is 5.26 Å². The van der Waals surface area contributed by atoms with E-state index in [4.69, 9.17) is 16.9 Å². The number of nitrogens with zero attached hydrogens (tertiary/aromatic N) is 4. The van der Waals surface area contributed by atoms with Crippen molar-refractivity contribution < 1.29 is 4.79 Å². The number of carbonyl (C=O) groups is 1. The highest BCUT2D eigenvalue weighted by atomic mass is 35.5. The molecule has 0 aliphatic carbocycles. The van der Waals surface area contributed by atoms with E-state index in [1.165, 1.54) is 11.8 Å². The second-order valence-corrected chi connectivity index (χ2v) is 6.72. The summed E-state index contributed by atoms with van der Waals surface area (Å²) in [6.45, 7) is 4.83. The standard InChI is InChI=1S/C18H19ClN4OS/c1-3-10-23-16(14-5-7-15(19)8-6-14)12-21-18(23)25-13-17(24)22(2)11-4-9-20/h3,5-8,12H,1,4,10-11,13H2,2H3. The maximum absolute atomic E-state index is 12.1. The molecule has 0 atom stereocenters. The van der Waals surface area contributed by atoms with E-state index in [1.54, 1.807) is 24.2 Å². The number of allylic oxidation sites excluding steroid dienone is 1. The summed E-state index contributed by atoms with van der Waals surface area (Å²) < 4.78 is 2.02. The van der Waals surface area contributed by atoms with Crippen LogP contribution in [-0.2, 0) is 11.3 Å². The highest BCUT2D eigenvalue weighted by Crippen LogP contribution is 2.27. The van der Waals surface area contributed by atoms with Gasteiger partial charge in [-0.3, -0.25) is 4.79 Å². The lowest BCUT2D eigenvalue weighted by Gasteiger charge is -2.15. The van der Waals surface area contributed by atoms with E-state index >= 15 is 0 Å². The van der Waals surface area contributed by atoms with Crippen molar-refractivity contribution in [3.63, 3.8) is 0 Å². The van der Waals surface area contributed by atoms with Gasteiger partial charge in [0.15, 0.2) is 5.16 Å². The second-order valence-electron chi connectivity index (χ2n) is 5.34. The Morgan fingerprint density at radius 3 is 2.84 bits per heavy atom. The topological polar surface area (TPSA) is 61.9 Å². The lowest BCUT2D eigenvalue weighted by molar-refractivity contribution is -0.127. The fraction of sp³-hybridized carbons (Fsp3) is 0.278. The lowest BCUT2D eigenvalue weighted by Crippen LogP contribution is -2.29. The van der Waals surface area contributed by atoms with Crippen LogP contribution >= 0.6 is 23.4 Å². The van der Waals surface area contributed by atoms with Gasteiger partial charge < -0.3 is 9.47 Å². The zero-order valence-electron chi connectivity index (χ0n) is 14.0. The first-order valence-corrected chi connectivity index (χ1v) is 9.09. The minimum atomic E-state index is -0.0264. The number of carbonyl (C=O) groups excluding carboxylic acids is 1. The molecule has 1 heterocycles. The third-order valence-electron chi connectivity index (χ3n) is 3.58. The summed E-state index contributed by atoms with van der Waals surface area (Å²) in [5.74, 6) is 0.248. The molecule has 0 radical (unpaired) electrons. The van der Waals surface area contributed by atoms with Crippen LogP contribution in [0.2, 0.25) is 5.02 Å². The highest BCUT2D eigenvalue weighted by molar-refractivity contribution is 7.99. The van der Waals surface area contributed by atoms with Gasteiger partial charge in [0.1, 0.15) is 0 Å². The van der Waals surface area contributed by atoms with Crippen LogP contribution in [0.5, 0.6) is 0 Å². The number of imidazole rings is 1. The van der Waals surface area contributed by atoms with Crippen molar-refractivity contribution in [2.75, 3.05) is 19.3 Å². The average molecular weight is 375 g/mol. The van der Waals surface area contributed by atoms with Gasteiger partial charge in [0.25, 0.3) is 0 Å². The zero-order valence-corrected chi connectivity index (χ0v) is 15.6. The molecule has 0 spiro atoms. The summed E-state index contributed by atoms with van der Waals surface area (Å²) in [7, 11) is 1.70. The molecule has 1 aromatic heterocycles. The van der Waals surface area contributed by atoms with E-state index in [0.29, 0.717) is 24.5 Å². The quantitative estimate of drug-likeness (QED) is 0.520. The Kier molecular flexibility index (Phi) is 7.11. The summed E-state index contributed by atoms with van der Waals surface area (Å²) in [4.78, 5) is 18.1. The Morgan fingerprint density at radius 2 is 2.20 bits per heavy atom. The number of thioether (sulfide) groups is 1.